The summed E-state index contributed by atoms with van der Waals surface area (Å²) in [5.41, 5.74) is 1.52. The molecule has 10 heteroatoms. The Morgan fingerprint density at radius 3 is 1.71 bits per heavy atom. The van der Waals surface area contributed by atoms with Gasteiger partial charge in [0.15, 0.2) is 5.75 Å². The van der Waals surface area contributed by atoms with E-state index in [9.17, 15) is 19.2 Å². The summed E-state index contributed by atoms with van der Waals surface area (Å²) >= 11 is 12.9. The van der Waals surface area contributed by atoms with Gasteiger partial charge >= 0.3 is 12.0 Å². The summed E-state index contributed by atoms with van der Waals surface area (Å²) in [7, 11) is 0. The number of amides is 4. The third kappa shape index (κ3) is 5.70. The van der Waals surface area contributed by atoms with Crippen molar-refractivity contribution in [1.29, 1.82) is 0 Å². The monoisotopic (exact) mass is 586 g/mol. The summed E-state index contributed by atoms with van der Waals surface area (Å²) in [5, 5.41) is 9.30. The van der Waals surface area contributed by atoms with Crippen LogP contribution in [-0.2, 0) is 16.2 Å². The van der Waals surface area contributed by atoms with Crippen LogP contribution >= 0.6 is 23.2 Å². The van der Waals surface area contributed by atoms with E-state index in [1.807, 2.05) is 0 Å². The Balaban J connectivity index is 1.48. The topological polar surface area (TPSA) is 104 Å². The molecular formula is C31H20Cl2N2O6. The molecule has 204 valence electrons. The normalized spacial score (nSPS) is 13.4. The van der Waals surface area contributed by atoms with Gasteiger partial charge in [0.2, 0.25) is 0 Å². The Morgan fingerprint density at radius 2 is 1.24 bits per heavy atom. The zero-order valence-corrected chi connectivity index (χ0v) is 22.7. The molecule has 41 heavy (non-hydrogen) atoms. The number of carbonyl (C=O) groups excluding carboxylic acids is 3. The highest BCUT2D eigenvalue weighted by Gasteiger charge is 2.43. The molecule has 1 N–H and O–H groups in total. The quantitative estimate of drug-likeness (QED) is 0.187. The molecule has 0 aromatic heterocycles. The average Bonchev–Trinajstić information content (AvgIpc) is 2.96. The zero-order valence-electron chi connectivity index (χ0n) is 21.2. The fourth-order valence-electron chi connectivity index (χ4n) is 4.21. The summed E-state index contributed by atoms with van der Waals surface area (Å²) < 4.78 is 5.78. The maximum Gasteiger partial charge on any atom is 0.343 e. The molecule has 0 aliphatic carbocycles. The fourth-order valence-corrected chi connectivity index (χ4v) is 4.82. The van der Waals surface area contributed by atoms with Crippen molar-refractivity contribution in [2.75, 3.05) is 9.80 Å². The number of para-hydroxylation sites is 2. The van der Waals surface area contributed by atoms with Crippen molar-refractivity contribution in [3.05, 3.63) is 129 Å². The number of ether oxygens (including phenoxy) is 1. The Hall–Kier alpha value is -4.92. The van der Waals surface area contributed by atoms with Crippen LogP contribution in [0.2, 0.25) is 10.0 Å². The number of carboxylic acid groups (broad SMARTS) is 1. The molecule has 0 saturated carbocycles. The van der Waals surface area contributed by atoms with Gasteiger partial charge in [0, 0.05) is 0 Å². The average molecular weight is 587 g/mol. The summed E-state index contributed by atoms with van der Waals surface area (Å²) in [5.74, 6) is -2.45. The number of imide groups is 2. The first-order valence-electron chi connectivity index (χ1n) is 12.2. The molecule has 0 bridgehead atoms. The molecule has 4 aromatic rings. The van der Waals surface area contributed by atoms with Crippen LogP contribution in [0.1, 0.15) is 21.5 Å². The van der Waals surface area contributed by atoms with Crippen molar-refractivity contribution in [3.63, 3.8) is 0 Å². The van der Waals surface area contributed by atoms with Gasteiger partial charge in [0.05, 0.1) is 27.0 Å². The molecule has 4 aromatic carbocycles. The molecule has 0 radical (unpaired) electrons. The first-order valence-corrected chi connectivity index (χ1v) is 13.0. The second-order valence-corrected chi connectivity index (χ2v) is 9.71. The van der Waals surface area contributed by atoms with E-state index in [1.165, 1.54) is 30.3 Å². The number of barbiturate groups is 1. The van der Waals surface area contributed by atoms with E-state index in [0.717, 1.165) is 9.80 Å². The van der Waals surface area contributed by atoms with Gasteiger partial charge in [-0.15, -0.1) is 0 Å². The first kappa shape index (κ1) is 27.6. The molecule has 1 fully saturated rings. The minimum absolute atomic E-state index is 0.0664. The zero-order chi connectivity index (χ0) is 29.1. The molecular weight excluding hydrogens is 567 g/mol. The SMILES string of the molecule is O=C(O)c1ccc(COc2c(Cl)cc(C=C3C(=O)N(c4ccccc4)C(=O)N(c4ccccc4)C3=O)cc2Cl)cc1. The molecule has 1 saturated heterocycles. The van der Waals surface area contributed by atoms with Crippen LogP contribution in [0.3, 0.4) is 0 Å². The maximum absolute atomic E-state index is 13.6. The summed E-state index contributed by atoms with van der Waals surface area (Å²) in [6, 6.07) is 24.9. The molecule has 1 aliphatic rings. The number of hydrogen-bond acceptors (Lipinski definition) is 5. The van der Waals surface area contributed by atoms with Crippen LogP contribution in [0, 0.1) is 0 Å². The number of benzene rings is 4. The highest BCUT2D eigenvalue weighted by atomic mass is 35.5. The van der Waals surface area contributed by atoms with Crippen molar-refractivity contribution in [2.45, 2.75) is 6.61 Å². The van der Waals surface area contributed by atoms with Crippen molar-refractivity contribution in [2.24, 2.45) is 0 Å². The highest BCUT2D eigenvalue weighted by molar-refractivity contribution is 6.46. The standard InChI is InChI=1S/C31H20Cl2N2O6/c32-25-16-20(17-26(33)27(25)41-18-19-11-13-21(14-12-19)30(38)39)15-24-28(36)34(22-7-3-1-4-8-22)31(40)35(29(24)37)23-9-5-2-6-10-23/h1-17H,18H2,(H,38,39). The largest absolute Gasteiger partial charge is 0.486 e. The molecule has 1 heterocycles. The minimum Gasteiger partial charge on any atom is -0.486 e. The molecule has 4 amide bonds. The number of nitrogens with zero attached hydrogens (tertiary/aromatic N) is 2. The van der Waals surface area contributed by atoms with Gasteiger partial charge in [0.1, 0.15) is 12.2 Å². The van der Waals surface area contributed by atoms with Crippen LogP contribution < -0.4 is 14.5 Å². The molecule has 0 unspecified atom stereocenters. The van der Waals surface area contributed by atoms with Gasteiger partial charge in [-0.3, -0.25) is 9.59 Å². The van der Waals surface area contributed by atoms with Gasteiger partial charge in [-0.05, 0) is 65.7 Å². The molecule has 5 rings (SSSR count). The van der Waals surface area contributed by atoms with E-state index >= 15 is 0 Å². The fraction of sp³-hybridized carbons (Fsp3) is 0.0323. The smallest absolute Gasteiger partial charge is 0.343 e. The molecule has 0 spiro atoms. The van der Waals surface area contributed by atoms with Gasteiger partial charge in [-0.1, -0.05) is 71.7 Å². The van der Waals surface area contributed by atoms with Crippen LogP contribution in [0.5, 0.6) is 5.75 Å². The van der Waals surface area contributed by atoms with Crippen LogP contribution in [-0.4, -0.2) is 28.9 Å². The molecule has 1 aliphatic heterocycles. The number of halogens is 2. The number of carbonyl (C=O) groups is 4. The van der Waals surface area contributed by atoms with Crippen molar-refractivity contribution in [3.8, 4) is 5.75 Å². The second-order valence-electron chi connectivity index (χ2n) is 8.90. The van der Waals surface area contributed by atoms with E-state index in [0.29, 0.717) is 22.5 Å². The van der Waals surface area contributed by atoms with Gasteiger partial charge in [0.25, 0.3) is 11.8 Å². The number of anilines is 2. The van der Waals surface area contributed by atoms with Crippen LogP contribution in [0.25, 0.3) is 6.08 Å². The van der Waals surface area contributed by atoms with Crippen LogP contribution in [0.4, 0.5) is 16.2 Å². The lowest BCUT2D eigenvalue weighted by Crippen LogP contribution is -2.57. The summed E-state index contributed by atoms with van der Waals surface area (Å²) in [6.45, 7) is 0.0664. The predicted octanol–water partition coefficient (Wildman–Crippen LogP) is 6.85. The molecule has 0 atom stereocenters. The van der Waals surface area contributed by atoms with Gasteiger partial charge < -0.3 is 9.84 Å². The highest BCUT2D eigenvalue weighted by Crippen LogP contribution is 2.36. The second kappa shape index (κ2) is 11.7. The summed E-state index contributed by atoms with van der Waals surface area (Å²) in [4.78, 5) is 53.5. The minimum atomic E-state index is -1.04. The number of carboxylic acids is 1. The van der Waals surface area contributed by atoms with E-state index in [4.69, 9.17) is 33.0 Å². The number of rotatable bonds is 7. The number of hydrogen-bond donors (Lipinski definition) is 1. The van der Waals surface area contributed by atoms with Crippen molar-refractivity contribution < 1.29 is 29.0 Å². The van der Waals surface area contributed by atoms with Crippen molar-refractivity contribution >= 4 is 64.5 Å². The lowest BCUT2D eigenvalue weighted by atomic mass is 10.0. The number of aromatic carboxylic acids is 1. The Morgan fingerprint density at radius 1 is 0.756 bits per heavy atom. The van der Waals surface area contributed by atoms with Crippen LogP contribution in [0.15, 0.2) is 103 Å². The Kier molecular flexibility index (Phi) is 7.87. The first-order chi connectivity index (χ1) is 19.7. The van der Waals surface area contributed by atoms with Gasteiger partial charge in [-0.25, -0.2) is 19.4 Å². The Bertz CT molecular complexity index is 1600. The maximum atomic E-state index is 13.6. The van der Waals surface area contributed by atoms with E-state index in [1.54, 1.807) is 72.8 Å². The predicted molar refractivity (Wildman–Crippen MR) is 155 cm³/mol. The summed E-state index contributed by atoms with van der Waals surface area (Å²) in [6.07, 6.45) is 1.33. The van der Waals surface area contributed by atoms with Gasteiger partial charge in [-0.2, -0.15) is 0 Å². The van der Waals surface area contributed by atoms with E-state index in [2.05, 4.69) is 0 Å². The lowest BCUT2D eigenvalue weighted by molar-refractivity contribution is -0.121. The Labute approximate surface area is 244 Å². The lowest BCUT2D eigenvalue weighted by Gasteiger charge is -2.33. The van der Waals surface area contributed by atoms with Crippen molar-refractivity contribution in [1.82, 2.24) is 0 Å². The third-order valence-corrected chi connectivity index (χ3v) is 6.76. The van der Waals surface area contributed by atoms with E-state index in [-0.39, 0.29) is 33.5 Å². The number of urea groups is 1. The van der Waals surface area contributed by atoms with E-state index < -0.39 is 23.8 Å². The molecule has 8 nitrogen and oxygen atoms in total. The third-order valence-electron chi connectivity index (χ3n) is 6.19.